The molecule has 0 aliphatic carbocycles. The maximum atomic E-state index is 12.3. The van der Waals surface area contributed by atoms with Crippen molar-refractivity contribution in [3.63, 3.8) is 0 Å². The van der Waals surface area contributed by atoms with E-state index in [4.69, 9.17) is 11.6 Å². The number of nitrogens with one attached hydrogen (secondary N) is 2. The molecule has 6 nitrogen and oxygen atoms in total. The molecule has 1 aromatic carbocycles. The van der Waals surface area contributed by atoms with Gasteiger partial charge in [-0.25, -0.2) is 0 Å². The van der Waals surface area contributed by atoms with E-state index in [9.17, 15) is 9.59 Å². The Morgan fingerprint density at radius 2 is 1.88 bits per heavy atom. The average molecular weight is 367 g/mol. The van der Waals surface area contributed by atoms with Crippen LogP contribution in [0.2, 0.25) is 5.02 Å². The normalized spacial score (nSPS) is 10.2. The van der Waals surface area contributed by atoms with Crippen molar-refractivity contribution in [1.82, 2.24) is 15.3 Å². The highest BCUT2D eigenvalue weighted by atomic mass is 35.5. The van der Waals surface area contributed by atoms with E-state index in [1.807, 2.05) is 6.07 Å². The molecule has 0 fully saturated rings. The Hall–Kier alpha value is -3.25. The molecule has 2 amide bonds. The Bertz CT molecular complexity index is 932. The van der Waals surface area contributed by atoms with Crippen LogP contribution in [0.1, 0.15) is 26.4 Å². The molecule has 7 heteroatoms. The molecule has 0 aliphatic heterocycles. The smallest absolute Gasteiger partial charge is 0.274 e. The second-order valence-corrected chi connectivity index (χ2v) is 5.87. The average Bonchev–Trinajstić information content (AvgIpc) is 2.67. The Morgan fingerprint density at radius 1 is 1.00 bits per heavy atom. The molecule has 0 aliphatic rings. The minimum absolute atomic E-state index is 0.138. The highest BCUT2D eigenvalue weighted by Crippen LogP contribution is 2.15. The van der Waals surface area contributed by atoms with Gasteiger partial charge in [0, 0.05) is 41.4 Å². The molecule has 0 saturated heterocycles. The fraction of sp³-hybridized carbons (Fsp3) is 0.0526. The monoisotopic (exact) mass is 366 g/mol. The molecule has 0 saturated carbocycles. The van der Waals surface area contributed by atoms with Crippen LogP contribution < -0.4 is 10.6 Å². The van der Waals surface area contributed by atoms with Crippen LogP contribution in [-0.4, -0.2) is 21.8 Å². The third-order valence-electron chi connectivity index (χ3n) is 3.51. The number of carbonyl (C=O) groups excluding carboxylic acids is 2. The first-order valence-corrected chi connectivity index (χ1v) is 8.20. The summed E-state index contributed by atoms with van der Waals surface area (Å²) in [5, 5.41) is 5.99. The van der Waals surface area contributed by atoms with E-state index in [-0.39, 0.29) is 11.6 Å². The summed E-state index contributed by atoms with van der Waals surface area (Å²) in [6, 6.07) is 13.4. The summed E-state index contributed by atoms with van der Waals surface area (Å²) in [4.78, 5) is 32.6. The maximum Gasteiger partial charge on any atom is 0.274 e. The minimum atomic E-state index is -0.422. The molecule has 0 spiro atoms. The molecular formula is C19H15ClN4O2. The van der Waals surface area contributed by atoms with Crippen LogP contribution >= 0.6 is 11.6 Å². The van der Waals surface area contributed by atoms with Gasteiger partial charge in [-0.05, 0) is 42.0 Å². The quantitative estimate of drug-likeness (QED) is 0.725. The van der Waals surface area contributed by atoms with E-state index in [0.29, 0.717) is 22.8 Å². The van der Waals surface area contributed by atoms with Gasteiger partial charge in [-0.2, -0.15) is 0 Å². The molecule has 2 aromatic heterocycles. The number of carbonyl (C=O) groups is 2. The third-order valence-corrected chi connectivity index (χ3v) is 3.75. The van der Waals surface area contributed by atoms with Gasteiger partial charge in [0.05, 0.1) is 0 Å². The number of amides is 2. The predicted octanol–water partition coefficient (Wildman–Crippen LogP) is 3.31. The molecule has 3 aromatic rings. The standard InChI is InChI=1S/C19H15ClN4O2/c20-15-4-1-5-16(10-15)24-19(26)17-9-14(6-8-22-17)18(25)23-12-13-3-2-7-21-11-13/h1-11H,12H2,(H,23,25)(H,24,26). The first kappa shape index (κ1) is 17.6. The second-order valence-electron chi connectivity index (χ2n) is 5.44. The summed E-state index contributed by atoms with van der Waals surface area (Å²) >= 11 is 5.90. The Labute approximate surface area is 155 Å². The Morgan fingerprint density at radius 3 is 2.65 bits per heavy atom. The molecule has 3 rings (SSSR count). The molecule has 2 heterocycles. The van der Waals surface area contributed by atoms with Crippen LogP contribution in [-0.2, 0) is 6.54 Å². The van der Waals surface area contributed by atoms with Crippen molar-refractivity contribution in [3.05, 3.63) is 89.0 Å². The topological polar surface area (TPSA) is 84.0 Å². The van der Waals surface area contributed by atoms with Crippen LogP contribution in [0.15, 0.2) is 67.1 Å². The van der Waals surface area contributed by atoms with Crippen LogP contribution in [0.5, 0.6) is 0 Å². The van der Waals surface area contributed by atoms with Crippen molar-refractivity contribution in [2.45, 2.75) is 6.54 Å². The number of nitrogens with zero attached hydrogens (tertiary/aromatic N) is 2. The van der Waals surface area contributed by atoms with Crippen LogP contribution in [0.4, 0.5) is 5.69 Å². The number of pyridine rings is 2. The predicted molar refractivity (Wildman–Crippen MR) is 99.0 cm³/mol. The van der Waals surface area contributed by atoms with E-state index in [2.05, 4.69) is 20.6 Å². The number of benzene rings is 1. The Kier molecular flexibility index (Phi) is 5.56. The highest BCUT2D eigenvalue weighted by Gasteiger charge is 2.12. The van der Waals surface area contributed by atoms with Gasteiger partial charge in [-0.1, -0.05) is 23.7 Å². The molecule has 2 N–H and O–H groups in total. The molecule has 130 valence electrons. The molecular weight excluding hydrogens is 352 g/mol. The number of halogens is 1. The SMILES string of the molecule is O=C(NCc1cccnc1)c1ccnc(C(=O)Nc2cccc(Cl)c2)c1. The lowest BCUT2D eigenvalue weighted by Crippen LogP contribution is -2.23. The molecule has 26 heavy (non-hydrogen) atoms. The number of rotatable bonds is 5. The summed E-state index contributed by atoms with van der Waals surface area (Å²) < 4.78 is 0. The van der Waals surface area contributed by atoms with Gasteiger partial charge in [0.25, 0.3) is 11.8 Å². The zero-order valence-corrected chi connectivity index (χ0v) is 14.4. The number of hydrogen-bond acceptors (Lipinski definition) is 4. The largest absolute Gasteiger partial charge is 0.348 e. The van der Waals surface area contributed by atoms with Gasteiger partial charge in [0.15, 0.2) is 0 Å². The lowest BCUT2D eigenvalue weighted by molar-refractivity contribution is 0.0950. The van der Waals surface area contributed by atoms with Crippen molar-refractivity contribution in [1.29, 1.82) is 0 Å². The van der Waals surface area contributed by atoms with Crippen LogP contribution in [0.25, 0.3) is 0 Å². The Balaban J connectivity index is 1.67. The number of anilines is 1. The molecule has 0 unspecified atom stereocenters. The molecule has 0 bridgehead atoms. The maximum absolute atomic E-state index is 12.3. The van der Waals surface area contributed by atoms with E-state index in [0.717, 1.165) is 5.56 Å². The van der Waals surface area contributed by atoms with Gasteiger partial charge < -0.3 is 10.6 Å². The van der Waals surface area contributed by atoms with Crippen molar-refractivity contribution in [2.24, 2.45) is 0 Å². The van der Waals surface area contributed by atoms with Gasteiger partial charge in [-0.15, -0.1) is 0 Å². The zero-order chi connectivity index (χ0) is 18.4. The summed E-state index contributed by atoms with van der Waals surface area (Å²) in [5.41, 5.74) is 1.92. The van der Waals surface area contributed by atoms with Gasteiger partial charge in [0.2, 0.25) is 0 Å². The van der Waals surface area contributed by atoms with Crippen molar-refractivity contribution < 1.29 is 9.59 Å². The summed E-state index contributed by atoms with van der Waals surface area (Å²) in [7, 11) is 0. The minimum Gasteiger partial charge on any atom is -0.348 e. The first-order valence-electron chi connectivity index (χ1n) is 7.82. The lowest BCUT2D eigenvalue weighted by atomic mass is 10.2. The summed E-state index contributed by atoms with van der Waals surface area (Å²) in [6.45, 7) is 0.346. The zero-order valence-electron chi connectivity index (χ0n) is 13.6. The highest BCUT2D eigenvalue weighted by molar-refractivity contribution is 6.30. The van der Waals surface area contributed by atoms with Crippen molar-refractivity contribution >= 4 is 29.1 Å². The van der Waals surface area contributed by atoms with E-state index in [1.165, 1.54) is 12.3 Å². The van der Waals surface area contributed by atoms with Gasteiger partial charge in [-0.3, -0.25) is 19.6 Å². The van der Waals surface area contributed by atoms with Crippen LogP contribution in [0.3, 0.4) is 0 Å². The van der Waals surface area contributed by atoms with Crippen LogP contribution in [0, 0.1) is 0 Å². The lowest BCUT2D eigenvalue weighted by Gasteiger charge is -2.08. The van der Waals surface area contributed by atoms with Gasteiger partial charge >= 0.3 is 0 Å². The van der Waals surface area contributed by atoms with Gasteiger partial charge in [0.1, 0.15) is 5.69 Å². The fourth-order valence-electron chi connectivity index (χ4n) is 2.24. The van der Waals surface area contributed by atoms with Crippen molar-refractivity contribution in [3.8, 4) is 0 Å². The third kappa shape index (κ3) is 4.64. The fourth-order valence-corrected chi connectivity index (χ4v) is 2.43. The summed E-state index contributed by atoms with van der Waals surface area (Å²) in [5.74, 6) is -0.720. The number of hydrogen-bond donors (Lipinski definition) is 2. The summed E-state index contributed by atoms with van der Waals surface area (Å²) in [6.07, 6.45) is 4.77. The first-order chi connectivity index (χ1) is 12.6. The van der Waals surface area contributed by atoms with Crippen molar-refractivity contribution in [2.75, 3.05) is 5.32 Å². The van der Waals surface area contributed by atoms with E-state index < -0.39 is 5.91 Å². The number of aromatic nitrogens is 2. The van der Waals surface area contributed by atoms with E-state index >= 15 is 0 Å². The molecule has 0 atom stereocenters. The second kappa shape index (κ2) is 8.22. The molecule has 0 radical (unpaired) electrons. The van der Waals surface area contributed by atoms with E-state index in [1.54, 1.807) is 48.8 Å².